The molecule has 1 unspecified atom stereocenters. The minimum absolute atomic E-state index is 0.191. The summed E-state index contributed by atoms with van der Waals surface area (Å²) in [7, 11) is 0. The molecule has 0 spiro atoms. The van der Waals surface area contributed by atoms with Gasteiger partial charge in [-0.05, 0) is 53.8 Å². The number of amides is 1. The van der Waals surface area contributed by atoms with Crippen LogP contribution in [0.15, 0.2) is 103 Å². The van der Waals surface area contributed by atoms with Crippen LogP contribution in [-0.2, 0) is 17.8 Å². The van der Waals surface area contributed by atoms with Gasteiger partial charge in [-0.1, -0.05) is 67.6 Å². The van der Waals surface area contributed by atoms with Crippen molar-refractivity contribution < 1.29 is 18.7 Å². The normalized spacial score (nSPS) is 13.6. The van der Waals surface area contributed by atoms with E-state index in [1.54, 1.807) is 13.0 Å². The van der Waals surface area contributed by atoms with Gasteiger partial charge in [0.25, 0.3) is 5.91 Å². The van der Waals surface area contributed by atoms with Gasteiger partial charge in [0.2, 0.25) is 0 Å². The van der Waals surface area contributed by atoms with Crippen molar-refractivity contribution in [3.63, 3.8) is 0 Å². The predicted octanol–water partition coefficient (Wildman–Crippen LogP) is 4.80. The van der Waals surface area contributed by atoms with Crippen LogP contribution in [0.5, 0.6) is 0 Å². The molecule has 0 saturated heterocycles. The highest BCUT2D eigenvalue weighted by Crippen LogP contribution is 2.13. The van der Waals surface area contributed by atoms with E-state index in [0.717, 1.165) is 18.1 Å². The second kappa shape index (κ2) is 16.1. The minimum Gasteiger partial charge on any atom is -0.397 e. The zero-order chi connectivity index (χ0) is 29.6. The monoisotopic (exact) mass is 560 g/mol. The Kier molecular flexibility index (Phi) is 12.3. The van der Waals surface area contributed by atoms with Crippen LogP contribution in [-0.4, -0.2) is 41.7 Å². The van der Waals surface area contributed by atoms with Crippen LogP contribution in [0.3, 0.4) is 0 Å². The Bertz CT molecular complexity index is 1320. The molecule has 5 N–H and O–H groups in total. The van der Waals surface area contributed by atoms with Crippen LogP contribution < -0.4 is 16.4 Å². The molecule has 3 aromatic carbocycles. The van der Waals surface area contributed by atoms with E-state index in [2.05, 4.69) is 35.8 Å². The van der Waals surface area contributed by atoms with Gasteiger partial charge in [0.15, 0.2) is 0 Å². The number of nitrogens with zero attached hydrogens (tertiary/aromatic N) is 1. The molecule has 216 valence electrons. The van der Waals surface area contributed by atoms with Crippen LogP contribution in [0.2, 0.25) is 0 Å². The van der Waals surface area contributed by atoms with Gasteiger partial charge in [-0.25, -0.2) is 8.78 Å². The second-order valence-electron chi connectivity index (χ2n) is 9.74. The number of aryl methyl sites for hydroxylation is 2. The van der Waals surface area contributed by atoms with Crippen LogP contribution in [0.4, 0.5) is 8.78 Å². The largest absolute Gasteiger partial charge is 0.397 e. The van der Waals surface area contributed by atoms with Gasteiger partial charge < -0.3 is 26.4 Å². The highest BCUT2D eigenvalue weighted by molar-refractivity contribution is 5.96. The standard InChI is InChI=1S/C26H32N4O2.C7H6F2/c1-2-20-7-6-8-21(15-20)16-28-17-24(31)18-29-26(32)23-11-13-30(14-12-23)19-25(27)22-9-4-3-5-10-22;1-5-2-6(8)4-7(9)3-5/h3-13,15,19,24,28,31H,2,14,16-18,27H2,1H3,(H,29,32);2-4H,1H3/b25-19-;. The summed E-state index contributed by atoms with van der Waals surface area (Å²) < 4.78 is 24.4. The fourth-order valence-corrected chi connectivity index (χ4v) is 4.08. The molecule has 1 aliphatic heterocycles. The van der Waals surface area contributed by atoms with E-state index in [-0.39, 0.29) is 12.5 Å². The molecule has 6 nitrogen and oxygen atoms in total. The number of aliphatic hydroxyl groups excluding tert-OH is 1. The average Bonchev–Trinajstić information content (AvgIpc) is 2.96. The first kappa shape index (κ1) is 31.3. The number of carbonyl (C=O) groups excluding carboxylic acids is 1. The molecular weight excluding hydrogens is 522 g/mol. The maximum Gasteiger partial charge on any atom is 0.251 e. The highest BCUT2D eigenvalue weighted by atomic mass is 19.1. The van der Waals surface area contributed by atoms with Gasteiger partial charge in [0.1, 0.15) is 11.6 Å². The Labute approximate surface area is 240 Å². The summed E-state index contributed by atoms with van der Waals surface area (Å²) in [5.74, 6) is -1.24. The molecule has 0 radical (unpaired) electrons. The van der Waals surface area contributed by atoms with E-state index >= 15 is 0 Å². The maximum absolute atomic E-state index is 12.4. The smallest absolute Gasteiger partial charge is 0.251 e. The van der Waals surface area contributed by atoms with Crippen molar-refractivity contribution in [1.82, 2.24) is 15.5 Å². The summed E-state index contributed by atoms with van der Waals surface area (Å²) in [5.41, 5.74) is 11.4. The summed E-state index contributed by atoms with van der Waals surface area (Å²) >= 11 is 0. The molecule has 41 heavy (non-hydrogen) atoms. The third-order valence-corrected chi connectivity index (χ3v) is 6.26. The Morgan fingerprint density at radius 2 is 1.73 bits per heavy atom. The molecular formula is C33H38F2N4O2. The van der Waals surface area contributed by atoms with Crippen LogP contribution >= 0.6 is 0 Å². The zero-order valence-electron chi connectivity index (χ0n) is 23.5. The fourth-order valence-electron chi connectivity index (χ4n) is 4.08. The van der Waals surface area contributed by atoms with E-state index in [4.69, 9.17) is 5.73 Å². The lowest BCUT2D eigenvalue weighted by atomic mass is 10.1. The molecule has 0 fully saturated rings. The number of nitrogens with one attached hydrogen (secondary N) is 2. The van der Waals surface area contributed by atoms with E-state index < -0.39 is 17.7 Å². The Morgan fingerprint density at radius 3 is 2.37 bits per heavy atom. The zero-order valence-corrected chi connectivity index (χ0v) is 23.5. The first-order chi connectivity index (χ1) is 19.7. The lowest BCUT2D eigenvalue weighted by molar-refractivity contribution is -0.117. The van der Waals surface area contributed by atoms with E-state index in [0.29, 0.717) is 36.5 Å². The number of benzene rings is 3. The number of nitrogens with two attached hydrogens (primary N) is 1. The molecule has 0 saturated carbocycles. The van der Waals surface area contributed by atoms with Gasteiger partial charge in [-0.15, -0.1) is 0 Å². The van der Waals surface area contributed by atoms with Crippen molar-refractivity contribution in [2.45, 2.75) is 32.9 Å². The number of halogens is 2. The molecule has 1 atom stereocenters. The van der Waals surface area contributed by atoms with Crippen molar-refractivity contribution in [2.75, 3.05) is 19.6 Å². The lowest BCUT2D eigenvalue weighted by Gasteiger charge is -2.20. The van der Waals surface area contributed by atoms with Gasteiger partial charge in [0.05, 0.1) is 11.8 Å². The lowest BCUT2D eigenvalue weighted by Crippen LogP contribution is -2.38. The number of hydrogen-bond donors (Lipinski definition) is 4. The van der Waals surface area contributed by atoms with Gasteiger partial charge >= 0.3 is 0 Å². The maximum atomic E-state index is 12.4. The molecule has 4 rings (SSSR count). The van der Waals surface area contributed by atoms with Crippen LogP contribution in [0, 0.1) is 18.6 Å². The molecule has 0 bridgehead atoms. The average molecular weight is 561 g/mol. The molecule has 1 amide bonds. The number of aliphatic hydroxyl groups is 1. The van der Waals surface area contributed by atoms with Crippen molar-refractivity contribution in [1.29, 1.82) is 0 Å². The molecule has 1 aliphatic rings. The summed E-state index contributed by atoms with van der Waals surface area (Å²) in [5, 5.41) is 16.2. The first-order valence-electron chi connectivity index (χ1n) is 13.6. The summed E-state index contributed by atoms with van der Waals surface area (Å²) in [6, 6.07) is 21.5. The molecule has 8 heteroatoms. The Balaban J connectivity index is 0.000000436. The van der Waals surface area contributed by atoms with Crippen molar-refractivity contribution in [3.05, 3.63) is 137 Å². The van der Waals surface area contributed by atoms with Crippen LogP contribution in [0.1, 0.15) is 29.2 Å². The third-order valence-electron chi connectivity index (χ3n) is 6.26. The SMILES string of the molecule is CCc1cccc(CNCC(O)CNC(=O)C2=CCN(/C=C(\N)c3ccccc3)C=C2)c1.Cc1cc(F)cc(F)c1. The topological polar surface area (TPSA) is 90.6 Å². The van der Waals surface area contributed by atoms with E-state index in [1.807, 2.05) is 59.8 Å². The molecule has 0 aromatic heterocycles. The van der Waals surface area contributed by atoms with Crippen molar-refractivity contribution >= 4 is 11.6 Å². The summed E-state index contributed by atoms with van der Waals surface area (Å²) in [6.07, 6.45) is 7.61. The number of carbonyl (C=O) groups is 1. The molecule has 1 heterocycles. The van der Waals surface area contributed by atoms with Gasteiger partial charge in [-0.3, -0.25) is 4.79 Å². The van der Waals surface area contributed by atoms with Gasteiger partial charge in [-0.2, -0.15) is 0 Å². The fraction of sp³-hybridized carbons (Fsp3) is 0.242. The predicted molar refractivity (Wildman–Crippen MR) is 160 cm³/mol. The summed E-state index contributed by atoms with van der Waals surface area (Å²) in [4.78, 5) is 14.3. The van der Waals surface area contributed by atoms with Gasteiger partial charge in [0, 0.05) is 50.2 Å². The van der Waals surface area contributed by atoms with E-state index in [1.165, 1.54) is 23.3 Å². The van der Waals surface area contributed by atoms with Crippen molar-refractivity contribution in [2.24, 2.45) is 5.73 Å². The van der Waals surface area contributed by atoms with Crippen LogP contribution in [0.25, 0.3) is 5.70 Å². The highest BCUT2D eigenvalue weighted by Gasteiger charge is 2.13. The second-order valence-corrected chi connectivity index (χ2v) is 9.74. The quantitative estimate of drug-likeness (QED) is 0.286. The Morgan fingerprint density at radius 1 is 1.02 bits per heavy atom. The first-order valence-corrected chi connectivity index (χ1v) is 13.6. The number of hydrogen-bond acceptors (Lipinski definition) is 5. The summed E-state index contributed by atoms with van der Waals surface area (Å²) in [6.45, 7) is 5.60. The minimum atomic E-state index is -0.661. The molecule has 0 aliphatic carbocycles. The van der Waals surface area contributed by atoms with E-state index in [9.17, 15) is 18.7 Å². The Hall–Kier alpha value is -4.27. The number of rotatable bonds is 10. The molecule has 3 aromatic rings. The third kappa shape index (κ3) is 11.0. The van der Waals surface area contributed by atoms with Crippen molar-refractivity contribution in [3.8, 4) is 0 Å².